The predicted octanol–water partition coefficient (Wildman–Crippen LogP) is 4.92. The Morgan fingerprint density at radius 1 is 1.02 bits per heavy atom. The van der Waals surface area contributed by atoms with E-state index in [0.29, 0.717) is 12.3 Å². The van der Waals surface area contributed by atoms with Crippen LogP contribution in [-0.4, -0.2) is 88.9 Å². The Bertz CT molecular complexity index is 1490. The molecule has 0 unspecified atom stereocenters. The third-order valence-corrected chi connectivity index (χ3v) is 12.7. The van der Waals surface area contributed by atoms with E-state index in [-0.39, 0.29) is 12.5 Å². The van der Waals surface area contributed by atoms with Gasteiger partial charge in [0.25, 0.3) is 5.91 Å². The predicted molar refractivity (Wildman–Crippen MR) is 167 cm³/mol. The number of aromatic nitrogens is 6. The number of ether oxygens (including phenoxy) is 1. The van der Waals surface area contributed by atoms with Crippen LogP contribution in [0.3, 0.4) is 0 Å². The van der Waals surface area contributed by atoms with E-state index < -0.39 is 18.7 Å². The topological polar surface area (TPSA) is 91.0 Å². The summed E-state index contributed by atoms with van der Waals surface area (Å²) in [5.41, 5.74) is 6.52. The summed E-state index contributed by atoms with van der Waals surface area (Å²) in [5.74, 6) is 3.54. The third kappa shape index (κ3) is 6.80. The zero-order valence-corrected chi connectivity index (χ0v) is 28.3. The summed E-state index contributed by atoms with van der Waals surface area (Å²) in [7, 11) is 1.90. The molecule has 1 fully saturated rings. The number of thioether (sulfide) groups is 1. The first-order valence-electron chi connectivity index (χ1n) is 14.3. The van der Waals surface area contributed by atoms with Gasteiger partial charge in [-0.3, -0.25) is 4.79 Å². The summed E-state index contributed by atoms with van der Waals surface area (Å²) in [5, 5.41) is 17.5. The quantitative estimate of drug-likeness (QED) is 0.220. The van der Waals surface area contributed by atoms with Gasteiger partial charge in [-0.15, -0.1) is 0 Å². The third-order valence-electron chi connectivity index (χ3n) is 7.27. The molecule has 0 saturated carbocycles. The molecular formula is C30H39N7O2SSn. The average Bonchev–Trinajstić information content (AvgIpc) is 3.58. The maximum absolute atomic E-state index is 12.8. The van der Waals surface area contributed by atoms with Gasteiger partial charge in [-0.25, -0.2) is 0 Å². The fourth-order valence-electron chi connectivity index (χ4n) is 5.18. The van der Waals surface area contributed by atoms with Crippen LogP contribution in [0.5, 0.6) is 5.88 Å². The zero-order chi connectivity index (χ0) is 29.0. The molecule has 9 nitrogen and oxygen atoms in total. The molecule has 0 aliphatic carbocycles. The van der Waals surface area contributed by atoms with Crippen molar-refractivity contribution in [2.45, 2.75) is 41.0 Å². The number of hydrogen-bond acceptors (Lipinski definition) is 7. The first-order valence-corrected chi connectivity index (χ1v) is 25.3. The van der Waals surface area contributed by atoms with Crippen LogP contribution < -0.4 is 4.74 Å². The molecule has 0 radical (unpaired) electrons. The van der Waals surface area contributed by atoms with E-state index in [4.69, 9.17) is 9.84 Å². The van der Waals surface area contributed by atoms with Gasteiger partial charge in [0, 0.05) is 31.6 Å². The summed E-state index contributed by atoms with van der Waals surface area (Å²) in [6.07, 6.45) is 2.54. The SMILES string of the molecule is CCCc1nn(C)c(OCC(=O)N2CCSCC2)c1Cc1ccc(-c2ccccc2-c2nnn[n]2[Sn]([CH3])([CH3])[CH3])cc1. The number of aryl methyl sites for hydroxylation is 2. The fraction of sp³-hybridized carbons (Fsp3) is 0.433. The molecule has 3 heterocycles. The first-order chi connectivity index (χ1) is 19.8. The number of tetrazole rings is 1. The summed E-state index contributed by atoms with van der Waals surface area (Å²) < 4.78 is 10.0. The van der Waals surface area contributed by atoms with Crippen LogP contribution in [-0.2, 0) is 24.7 Å². The van der Waals surface area contributed by atoms with Gasteiger partial charge >= 0.3 is 173 Å². The molecular weight excluding hydrogens is 641 g/mol. The van der Waals surface area contributed by atoms with E-state index in [2.05, 4.69) is 82.6 Å². The van der Waals surface area contributed by atoms with Crippen molar-refractivity contribution in [2.75, 3.05) is 31.2 Å². The second kappa shape index (κ2) is 13.0. The van der Waals surface area contributed by atoms with Crippen molar-refractivity contribution < 1.29 is 9.53 Å². The molecule has 1 aliphatic rings. The van der Waals surface area contributed by atoms with Gasteiger partial charge in [0.15, 0.2) is 6.61 Å². The maximum atomic E-state index is 12.8. The van der Waals surface area contributed by atoms with Crippen molar-refractivity contribution in [3.8, 4) is 28.4 Å². The van der Waals surface area contributed by atoms with Gasteiger partial charge in [-0.1, -0.05) is 13.3 Å². The van der Waals surface area contributed by atoms with Gasteiger partial charge in [0.05, 0.1) is 0 Å². The molecule has 1 aliphatic heterocycles. The molecule has 0 spiro atoms. The van der Waals surface area contributed by atoms with Crippen LogP contribution in [0.2, 0.25) is 14.8 Å². The Labute approximate surface area is 250 Å². The summed E-state index contributed by atoms with van der Waals surface area (Å²) in [6.45, 7) is 3.77. The molecule has 11 heteroatoms. The van der Waals surface area contributed by atoms with Gasteiger partial charge < -0.3 is 4.90 Å². The number of amides is 1. The van der Waals surface area contributed by atoms with E-state index >= 15 is 0 Å². The zero-order valence-electron chi connectivity index (χ0n) is 24.6. The Hall–Kier alpha value is -2.86. The minimum absolute atomic E-state index is 0.0385. The van der Waals surface area contributed by atoms with Crippen molar-refractivity contribution in [1.29, 1.82) is 0 Å². The van der Waals surface area contributed by atoms with Gasteiger partial charge in [-0.05, 0) is 0 Å². The molecule has 41 heavy (non-hydrogen) atoms. The molecule has 1 saturated heterocycles. The number of carbonyl (C=O) groups excluding carboxylic acids is 1. The number of carbonyl (C=O) groups is 1. The van der Waals surface area contributed by atoms with Crippen molar-refractivity contribution in [2.24, 2.45) is 7.05 Å². The van der Waals surface area contributed by atoms with E-state index in [1.807, 2.05) is 29.8 Å². The number of hydrogen-bond donors (Lipinski definition) is 0. The molecule has 5 rings (SSSR count). The minimum atomic E-state index is -2.58. The first kappa shape index (κ1) is 29.6. The number of benzene rings is 2. The molecule has 2 aromatic carbocycles. The van der Waals surface area contributed by atoms with Gasteiger partial charge in [-0.2, -0.15) is 11.8 Å². The van der Waals surface area contributed by atoms with Crippen LogP contribution in [0.15, 0.2) is 48.5 Å². The molecule has 4 aromatic rings. The molecule has 1 amide bonds. The second-order valence-electron chi connectivity index (χ2n) is 11.4. The van der Waals surface area contributed by atoms with Crippen LogP contribution >= 0.6 is 11.8 Å². The average molecular weight is 680 g/mol. The second-order valence-corrected chi connectivity index (χ2v) is 26.2. The summed E-state index contributed by atoms with van der Waals surface area (Å²) in [6, 6.07) is 17.0. The standard InChI is InChI=1S/C27H30N7O2S.3CH3.Sn/c1-3-6-24-23(27(33(2)30-24)36-18-25(35)34-13-15-37-16-14-34)17-19-9-11-20(12-10-19)21-7-4-5-8-22(21)26-28-31-32-29-26;;;;/h4-5,7-12H,3,6,13-18H2,1-2H3;3*1H3;/q-1;;;;+1. The van der Waals surface area contributed by atoms with Crippen molar-refractivity contribution in [1.82, 2.24) is 33.1 Å². The Morgan fingerprint density at radius 3 is 2.41 bits per heavy atom. The van der Waals surface area contributed by atoms with Crippen LogP contribution in [0.25, 0.3) is 22.5 Å². The van der Waals surface area contributed by atoms with Crippen molar-refractivity contribution in [3.05, 3.63) is 65.4 Å². The van der Waals surface area contributed by atoms with Gasteiger partial charge in [0.2, 0.25) is 0 Å². The number of nitrogens with zero attached hydrogens (tertiary/aromatic N) is 7. The monoisotopic (exact) mass is 681 g/mol. The Balaban J connectivity index is 1.38. The van der Waals surface area contributed by atoms with E-state index in [1.54, 1.807) is 4.68 Å². The van der Waals surface area contributed by atoms with Crippen molar-refractivity contribution >= 4 is 36.3 Å². The number of rotatable bonds is 10. The molecule has 2 aromatic heterocycles. The molecule has 0 bridgehead atoms. The molecule has 216 valence electrons. The Kier molecular flexibility index (Phi) is 9.38. The van der Waals surface area contributed by atoms with E-state index in [9.17, 15) is 4.79 Å². The van der Waals surface area contributed by atoms with Crippen LogP contribution in [0.4, 0.5) is 0 Å². The van der Waals surface area contributed by atoms with Gasteiger partial charge in [0.1, 0.15) is 0 Å². The molecule has 0 N–H and O–H groups in total. The normalized spacial score (nSPS) is 13.9. The molecule has 0 atom stereocenters. The van der Waals surface area contributed by atoms with Crippen LogP contribution in [0, 0.1) is 0 Å². The summed E-state index contributed by atoms with van der Waals surface area (Å²) in [4.78, 5) is 21.6. The van der Waals surface area contributed by atoms with E-state index in [1.165, 1.54) is 0 Å². The Morgan fingerprint density at radius 2 is 1.73 bits per heavy atom. The fourth-order valence-corrected chi connectivity index (χ4v) is 9.25. The summed E-state index contributed by atoms with van der Waals surface area (Å²) >= 11 is -0.690. The van der Waals surface area contributed by atoms with Crippen molar-refractivity contribution in [3.63, 3.8) is 0 Å². The van der Waals surface area contributed by atoms with E-state index in [0.717, 1.165) is 76.8 Å². The van der Waals surface area contributed by atoms with Crippen LogP contribution in [0.1, 0.15) is 30.2 Å².